The summed E-state index contributed by atoms with van der Waals surface area (Å²) in [6, 6.07) is 5.27. The molecule has 7 nitrogen and oxygen atoms in total. The number of benzene rings is 1. The summed E-state index contributed by atoms with van der Waals surface area (Å²) in [5.74, 6) is 1.91. The Morgan fingerprint density at radius 2 is 1.85 bits per heavy atom. The van der Waals surface area contributed by atoms with Crippen LogP contribution in [-0.4, -0.2) is 57.4 Å². The van der Waals surface area contributed by atoms with Gasteiger partial charge in [0.05, 0.1) is 0 Å². The number of thioether (sulfide) groups is 1. The zero-order valence-corrected chi connectivity index (χ0v) is 22.6. The predicted molar refractivity (Wildman–Crippen MR) is 140 cm³/mol. The van der Waals surface area contributed by atoms with Crippen molar-refractivity contribution in [1.29, 1.82) is 0 Å². The average Bonchev–Trinajstić information content (AvgIpc) is 3.26. The number of carboxylic acids is 1. The predicted octanol–water partition coefficient (Wildman–Crippen LogP) is 4.78. The van der Waals surface area contributed by atoms with Crippen LogP contribution in [0, 0.1) is 0 Å². The summed E-state index contributed by atoms with van der Waals surface area (Å²) in [7, 11) is 0. The van der Waals surface area contributed by atoms with Crippen molar-refractivity contribution >= 4 is 34.8 Å². The molecule has 2 rings (SSSR count). The third-order valence-corrected chi connectivity index (χ3v) is 7.79. The quantitative estimate of drug-likeness (QED) is 0.255. The Kier molecular flexibility index (Phi) is 15.9. The van der Waals surface area contributed by atoms with E-state index in [-0.39, 0.29) is 11.2 Å². The first-order valence-corrected chi connectivity index (χ1v) is 14.8. The van der Waals surface area contributed by atoms with Gasteiger partial charge in [-0.25, -0.2) is 4.79 Å². The van der Waals surface area contributed by atoms with Crippen molar-refractivity contribution < 1.29 is 28.7 Å². The van der Waals surface area contributed by atoms with E-state index >= 15 is 0 Å². The molecule has 2 unspecified atom stereocenters. The lowest BCUT2D eigenvalue weighted by molar-refractivity contribution is -0.141. The molecule has 9 heteroatoms. The molecule has 0 fully saturated rings. The fourth-order valence-electron chi connectivity index (χ4n) is 3.46. The number of fused-ring (bicyclic) bond motifs is 1. The second-order valence-electron chi connectivity index (χ2n) is 8.43. The summed E-state index contributed by atoms with van der Waals surface area (Å²) < 4.78 is 23.0. The molecule has 194 valence electrons. The van der Waals surface area contributed by atoms with Crippen molar-refractivity contribution in [1.82, 2.24) is 5.32 Å². The number of nitrogens with one attached hydrogen (secondary N) is 1. The maximum atomic E-state index is 12.3. The average molecular weight is 516 g/mol. The van der Waals surface area contributed by atoms with E-state index in [2.05, 4.69) is 19.2 Å². The van der Waals surface area contributed by atoms with Crippen LogP contribution in [0.5, 0.6) is 11.5 Å². The van der Waals surface area contributed by atoms with Crippen LogP contribution < -0.4 is 14.8 Å². The third-order valence-electron chi connectivity index (χ3n) is 5.39. The molecule has 1 aromatic rings. The highest BCUT2D eigenvalue weighted by molar-refractivity contribution is 7.98. The van der Waals surface area contributed by atoms with Gasteiger partial charge in [0.2, 0.25) is 12.7 Å². The largest absolute Gasteiger partial charge is 0.616 e. The van der Waals surface area contributed by atoms with Gasteiger partial charge in [-0.2, -0.15) is 11.8 Å². The first-order chi connectivity index (χ1) is 16.3. The van der Waals surface area contributed by atoms with Crippen LogP contribution in [0.3, 0.4) is 0 Å². The maximum Gasteiger partial charge on any atom is 0.326 e. The van der Waals surface area contributed by atoms with Gasteiger partial charge in [-0.1, -0.05) is 49.8 Å². The summed E-state index contributed by atoms with van der Waals surface area (Å²) >= 11 is 0.817. The van der Waals surface area contributed by atoms with E-state index in [4.69, 9.17) is 14.6 Å². The van der Waals surface area contributed by atoms with Crippen molar-refractivity contribution in [3.63, 3.8) is 0 Å². The molecular weight excluding hydrogens is 474 g/mol. The number of carboxylic acid groups (broad SMARTS) is 1. The summed E-state index contributed by atoms with van der Waals surface area (Å²) in [5, 5.41) is 11.2. The summed E-state index contributed by atoms with van der Waals surface area (Å²) in [6.07, 6.45) is 10.7. The number of hydrogen-bond acceptors (Lipinski definition) is 6. The molecule has 0 saturated carbocycles. The number of ether oxygens (including phenoxy) is 2. The second-order valence-corrected chi connectivity index (χ2v) is 11.4. The number of carbonyl (C=O) groups excluding carboxylic acids is 1. The van der Waals surface area contributed by atoms with E-state index in [1.165, 1.54) is 44.6 Å². The Balaban J connectivity index is 0.000000411. The number of hydrogen-bond donors (Lipinski definition) is 2. The summed E-state index contributed by atoms with van der Waals surface area (Å²) in [6.45, 7) is 5.93. The van der Waals surface area contributed by atoms with Crippen molar-refractivity contribution in [2.24, 2.45) is 0 Å². The molecular formula is C25H41NO6S2. The van der Waals surface area contributed by atoms with Crippen molar-refractivity contribution in [3.05, 3.63) is 23.8 Å². The fourth-order valence-corrected chi connectivity index (χ4v) is 5.20. The molecule has 0 aromatic heterocycles. The highest BCUT2D eigenvalue weighted by Gasteiger charge is 2.20. The highest BCUT2D eigenvalue weighted by atomic mass is 32.2. The molecule has 1 aliphatic heterocycles. The van der Waals surface area contributed by atoms with E-state index in [9.17, 15) is 14.1 Å². The van der Waals surface area contributed by atoms with Crippen molar-refractivity contribution in [3.8, 4) is 11.5 Å². The first-order valence-electron chi connectivity index (χ1n) is 12.0. The zero-order valence-electron chi connectivity index (χ0n) is 21.0. The van der Waals surface area contributed by atoms with Gasteiger partial charge >= 0.3 is 5.97 Å². The molecule has 1 heterocycles. The van der Waals surface area contributed by atoms with Crippen molar-refractivity contribution in [2.45, 2.75) is 83.4 Å². The molecule has 0 radical (unpaired) electrons. The normalized spacial score (nSPS) is 14.5. The van der Waals surface area contributed by atoms with E-state index in [0.29, 0.717) is 13.2 Å². The van der Waals surface area contributed by atoms with E-state index in [1.807, 2.05) is 24.5 Å². The van der Waals surface area contributed by atoms with Gasteiger partial charge in [0, 0.05) is 13.3 Å². The summed E-state index contributed by atoms with van der Waals surface area (Å²) in [5.41, 5.74) is 1.17. The van der Waals surface area contributed by atoms with Crippen LogP contribution in [0.1, 0.15) is 71.3 Å². The number of rotatable bonds is 15. The number of amides is 1. The zero-order chi connectivity index (χ0) is 25.3. The van der Waals surface area contributed by atoms with Gasteiger partial charge < -0.3 is 24.4 Å². The Labute approximate surface area is 211 Å². The second kappa shape index (κ2) is 17.8. The highest BCUT2D eigenvalue weighted by Crippen LogP contribution is 2.33. The van der Waals surface area contributed by atoms with Gasteiger partial charge in [0.25, 0.3) is 0 Å². The molecule has 34 heavy (non-hydrogen) atoms. The van der Waals surface area contributed by atoms with Crippen LogP contribution in [0.15, 0.2) is 18.2 Å². The standard InChI is InChI=1S/C18H28O3S.C7H13NO3S/c1-3-4-5-6-7-8-11-22(19)15(2)12-16-9-10-17-18(13-16)21-14-20-17;1-5(9)8-6(7(10)11)3-4-12-2/h9-10,13,15H,3-8,11-12,14H2,1-2H3;6H,3-4H2,1-2H3,(H,8,9)(H,10,11)/t;6-/m.0/s1. The minimum atomic E-state index is -0.973. The minimum absolute atomic E-state index is 0.191. The topological polar surface area (TPSA) is 108 Å². The number of aliphatic carboxylic acids is 1. The van der Waals surface area contributed by atoms with Crippen LogP contribution in [0.25, 0.3) is 0 Å². The Morgan fingerprint density at radius 3 is 2.50 bits per heavy atom. The lowest BCUT2D eigenvalue weighted by atomic mass is 10.1. The van der Waals surface area contributed by atoms with Gasteiger partial charge in [-0.3, -0.25) is 4.79 Å². The summed E-state index contributed by atoms with van der Waals surface area (Å²) in [4.78, 5) is 21.1. The monoisotopic (exact) mass is 515 g/mol. The molecule has 2 N–H and O–H groups in total. The molecule has 0 bridgehead atoms. The van der Waals surface area contributed by atoms with Gasteiger partial charge in [-0.15, -0.1) is 0 Å². The van der Waals surface area contributed by atoms with Crippen LogP contribution >= 0.6 is 11.8 Å². The molecule has 0 saturated heterocycles. The molecule has 1 aliphatic rings. The number of carbonyl (C=O) groups is 2. The lowest BCUT2D eigenvalue weighted by Gasteiger charge is -2.18. The van der Waals surface area contributed by atoms with Crippen LogP contribution in [0.2, 0.25) is 0 Å². The molecule has 0 aliphatic carbocycles. The minimum Gasteiger partial charge on any atom is -0.616 e. The fraction of sp³-hybridized carbons (Fsp3) is 0.680. The SMILES string of the molecule is CCCCCCCC[S+]([O-])C(C)Cc1ccc2c(c1)OCO2.CSCC[C@H](NC(C)=O)C(=O)O. The maximum absolute atomic E-state index is 12.3. The molecule has 1 aromatic carbocycles. The van der Waals surface area contributed by atoms with E-state index < -0.39 is 23.2 Å². The van der Waals surface area contributed by atoms with E-state index in [0.717, 1.165) is 35.8 Å². The third kappa shape index (κ3) is 12.8. The smallest absolute Gasteiger partial charge is 0.326 e. The van der Waals surface area contributed by atoms with Gasteiger partial charge in [-0.05, 0) is 55.9 Å². The Morgan fingerprint density at radius 1 is 1.18 bits per heavy atom. The van der Waals surface area contributed by atoms with Crippen LogP contribution in [0.4, 0.5) is 0 Å². The van der Waals surface area contributed by atoms with Gasteiger partial charge in [0.15, 0.2) is 11.5 Å². The number of unbranched alkanes of at least 4 members (excludes halogenated alkanes) is 5. The lowest BCUT2D eigenvalue weighted by Crippen LogP contribution is -2.39. The molecule has 1 amide bonds. The molecule has 3 atom stereocenters. The Bertz CT molecular complexity index is 733. The van der Waals surface area contributed by atoms with E-state index in [1.54, 1.807) is 11.8 Å². The van der Waals surface area contributed by atoms with Crippen molar-refractivity contribution in [2.75, 3.05) is 24.6 Å². The Hall–Kier alpha value is -1.58. The first kappa shape index (κ1) is 30.5. The molecule has 0 spiro atoms. The van der Waals surface area contributed by atoms with Crippen LogP contribution in [-0.2, 0) is 27.2 Å². The van der Waals surface area contributed by atoms with Gasteiger partial charge in [0.1, 0.15) is 17.0 Å².